The van der Waals surface area contributed by atoms with E-state index in [1.807, 2.05) is 78.9 Å². The minimum Gasteiger partial charge on any atom is -0.388 e. The van der Waals surface area contributed by atoms with Crippen LogP contribution in [0.15, 0.2) is 91.0 Å². The fraction of sp³-hybridized carbons (Fsp3) is 0.136. The summed E-state index contributed by atoms with van der Waals surface area (Å²) in [6.07, 6.45) is -0.241. The van der Waals surface area contributed by atoms with E-state index in [2.05, 4.69) is 5.32 Å². The van der Waals surface area contributed by atoms with Crippen molar-refractivity contribution in [3.8, 4) is 0 Å². The Balaban J connectivity index is 1.80. The zero-order valence-electron chi connectivity index (χ0n) is 13.9. The van der Waals surface area contributed by atoms with Gasteiger partial charge in [0.1, 0.15) is 0 Å². The fourth-order valence-corrected chi connectivity index (χ4v) is 2.83. The number of carbonyl (C=O) groups excluding carboxylic acids is 1. The third kappa shape index (κ3) is 4.55. The number of rotatable bonds is 6. The minimum absolute atomic E-state index is 0.144. The lowest BCUT2D eigenvalue weighted by Gasteiger charge is -2.22. The highest BCUT2D eigenvalue weighted by molar-refractivity contribution is 5.94. The van der Waals surface area contributed by atoms with Crippen LogP contribution in [0.5, 0.6) is 0 Å². The SMILES string of the molecule is O=C(N[C@@H](C[C@@H](O)c1ccccc1)c1ccccc1)c1ccccc1. The molecule has 2 N–H and O–H groups in total. The molecule has 3 heteroatoms. The van der Waals surface area contributed by atoms with Crippen molar-refractivity contribution in [3.63, 3.8) is 0 Å². The average Bonchev–Trinajstić information content (AvgIpc) is 2.69. The van der Waals surface area contributed by atoms with Gasteiger partial charge in [-0.05, 0) is 23.3 Å². The van der Waals surface area contributed by atoms with Crippen molar-refractivity contribution in [3.05, 3.63) is 108 Å². The smallest absolute Gasteiger partial charge is 0.251 e. The van der Waals surface area contributed by atoms with Gasteiger partial charge in [-0.15, -0.1) is 0 Å². The Kier molecular flexibility index (Phi) is 5.60. The van der Waals surface area contributed by atoms with Crippen molar-refractivity contribution in [2.24, 2.45) is 0 Å². The summed E-state index contributed by atoms with van der Waals surface area (Å²) in [5.74, 6) is -0.144. The minimum atomic E-state index is -0.650. The van der Waals surface area contributed by atoms with Gasteiger partial charge in [-0.3, -0.25) is 4.79 Å². The Morgan fingerprint density at radius 2 is 1.24 bits per heavy atom. The predicted octanol–water partition coefficient (Wildman–Crippen LogP) is 4.28. The molecule has 2 atom stereocenters. The lowest BCUT2D eigenvalue weighted by atomic mass is 9.96. The van der Waals surface area contributed by atoms with Crippen LogP contribution in [0.3, 0.4) is 0 Å². The predicted molar refractivity (Wildman–Crippen MR) is 99.1 cm³/mol. The largest absolute Gasteiger partial charge is 0.388 e. The number of amides is 1. The van der Waals surface area contributed by atoms with E-state index in [9.17, 15) is 9.90 Å². The lowest BCUT2D eigenvalue weighted by Crippen LogP contribution is -2.29. The molecule has 0 heterocycles. The third-order valence-corrected chi connectivity index (χ3v) is 4.19. The lowest BCUT2D eigenvalue weighted by molar-refractivity contribution is 0.0909. The summed E-state index contributed by atoms with van der Waals surface area (Å²) in [6.45, 7) is 0. The zero-order valence-corrected chi connectivity index (χ0v) is 13.9. The Bertz CT molecular complexity index is 788. The maximum absolute atomic E-state index is 12.6. The van der Waals surface area contributed by atoms with Gasteiger partial charge < -0.3 is 10.4 Å². The van der Waals surface area contributed by atoms with Crippen LogP contribution in [0, 0.1) is 0 Å². The molecule has 3 aromatic rings. The molecule has 3 aromatic carbocycles. The van der Waals surface area contributed by atoms with Gasteiger partial charge in [-0.25, -0.2) is 0 Å². The molecule has 25 heavy (non-hydrogen) atoms. The maximum Gasteiger partial charge on any atom is 0.251 e. The molecule has 126 valence electrons. The molecule has 0 aliphatic carbocycles. The van der Waals surface area contributed by atoms with Crippen LogP contribution >= 0.6 is 0 Å². The first-order chi connectivity index (χ1) is 12.2. The molecule has 0 unspecified atom stereocenters. The molecule has 0 saturated carbocycles. The fourth-order valence-electron chi connectivity index (χ4n) is 2.83. The van der Waals surface area contributed by atoms with Gasteiger partial charge in [0, 0.05) is 12.0 Å². The van der Waals surface area contributed by atoms with Crippen LogP contribution in [0.1, 0.15) is 40.1 Å². The van der Waals surface area contributed by atoms with E-state index >= 15 is 0 Å². The highest BCUT2D eigenvalue weighted by Gasteiger charge is 2.20. The molecule has 0 aliphatic heterocycles. The summed E-state index contributed by atoms with van der Waals surface area (Å²) in [6, 6.07) is 28.1. The van der Waals surface area contributed by atoms with Crippen LogP contribution in [0.25, 0.3) is 0 Å². The molecule has 0 aromatic heterocycles. The summed E-state index contributed by atoms with van der Waals surface area (Å²) in [5.41, 5.74) is 2.43. The highest BCUT2D eigenvalue weighted by Crippen LogP contribution is 2.26. The Labute approximate surface area is 148 Å². The molecule has 0 fully saturated rings. The molecule has 3 nitrogen and oxygen atoms in total. The quantitative estimate of drug-likeness (QED) is 0.708. The van der Waals surface area contributed by atoms with E-state index in [0.717, 1.165) is 11.1 Å². The first-order valence-electron chi connectivity index (χ1n) is 8.38. The van der Waals surface area contributed by atoms with Gasteiger partial charge in [0.25, 0.3) is 5.91 Å². The van der Waals surface area contributed by atoms with E-state index in [4.69, 9.17) is 0 Å². The summed E-state index contributed by atoms with van der Waals surface area (Å²) in [4.78, 5) is 12.6. The first-order valence-corrected chi connectivity index (χ1v) is 8.38. The standard InChI is InChI=1S/C22H21NO2/c24-21(18-12-6-2-7-13-18)16-20(17-10-4-1-5-11-17)23-22(25)19-14-8-3-9-15-19/h1-15,20-21,24H,16H2,(H,23,25)/t20-,21+/m0/s1. The number of hydrogen-bond donors (Lipinski definition) is 2. The van der Waals surface area contributed by atoms with Crippen molar-refractivity contribution in [2.45, 2.75) is 18.6 Å². The Morgan fingerprint density at radius 3 is 1.80 bits per heavy atom. The number of aliphatic hydroxyl groups excluding tert-OH is 1. The topological polar surface area (TPSA) is 49.3 Å². The molecule has 0 saturated heterocycles. The summed E-state index contributed by atoms with van der Waals surface area (Å²) >= 11 is 0. The highest BCUT2D eigenvalue weighted by atomic mass is 16.3. The second-order valence-corrected chi connectivity index (χ2v) is 5.96. The van der Waals surface area contributed by atoms with Gasteiger partial charge in [0.2, 0.25) is 0 Å². The van der Waals surface area contributed by atoms with Crippen LogP contribution in [0.2, 0.25) is 0 Å². The summed E-state index contributed by atoms with van der Waals surface area (Å²) < 4.78 is 0. The molecule has 0 radical (unpaired) electrons. The van der Waals surface area contributed by atoms with E-state index in [1.54, 1.807) is 12.1 Å². The first kappa shape index (κ1) is 16.9. The van der Waals surface area contributed by atoms with Crippen LogP contribution in [-0.4, -0.2) is 11.0 Å². The second-order valence-electron chi connectivity index (χ2n) is 5.96. The third-order valence-electron chi connectivity index (χ3n) is 4.19. The van der Waals surface area contributed by atoms with Crippen LogP contribution in [-0.2, 0) is 0 Å². The number of aliphatic hydroxyl groups is 1. The van der Waals surface area contributed by atoms with Crippen molar-refractivity contribution in [1.82, 2.24) is 5.32 Å². The van der Waals surface area contributed by atoms with Gasteiger partial charge in [-0.2, -0.15) is 0 Å². The molecule has 1 amide bonds. The van der Waals surface area contributed by atoms with Crippen LogP contribution < -0.4 is 5.32 Å². The number of benzene rings is 3. The number of carbonyl (C=O) groups is 1. The van der Waals surface area contributed by atoms with E-state index < -0.39 is 6.10 Å². The molecular weight excluding hydrogens is 310 g/mol. The number of nitrogens with one attached hydrogen (secondary N) is 1. The van der Waals surface area contributed by atoms with Crippen molar-refractivity contribution < 1.29 is 9.90 Å². The zero-order chi connectivity index (χ0) is 17.5. The molecule has 0 spiro atoms. The molecule has 0 aliphatic rings. The molecular formula is C22H21NO2. The monoisotopic (exact) mass is 331 g/mol. The van der Waals surface area contributed by atoms with Gasteiger partial charge in [0.05, 0.1) is 12.1 Å². The Morgan fingerprint density at radius 1 is 0.760 bits per heavy atom. The maximum atomic E-state index is 12.6. The summed E-state index contributed by atoms with van der Waals surface area (Å²) in [5, 5.41) is 13.6. The van der Waals surface area contributed by atoms with Gasteiger partial charge in [-0.1, -0.05) is 78.9 Å². The molecule has 3 rings (SSSR count). The number of hydrogen-bond acceptors (Lipinski definition) is 2. The normalized spacial score (nSPS) is 13.0. The summed E-state index contributed by atoms with van der Waals surface area (Å²) in [7, 11) is 0. The van der Waals surface area contributed by atoms with Crippen LogP contribution in [0.4, 0.5) is 0 Å². The van der Waals surface area contributed by atoms with Crippen molar-refractivity contribution in [1.29, 1.82) is 0 Å². The second kappa shape index (κ2) is 8.27. The van der Waals surface area contributed by atoms with Gasteiger partial charge >= 0.3 is 0 Å². The van der Waals surface area contributed by atoms with Crippen molar-refractivity contribution in [2.75, 3.05) is 0 Å². The van der Waals surface area contributed by atoms with Crippen molar-refractivity contribution >= 4 is 5.91 Å². The average molecular weight is 331 g/mol. The van der Waals surface area contributed by atoms with Gasteiger partial charge in [0.15, 0.2) is 0 Å². The van der Waals surface area contributed by atoms with E-state index in [1.165, 1.54) is 0 Å². The van der Waals surface area contributed by atoms with E-state index in [0.29, 0.717) is 12.0 Å². The molecule has 0 bridgehead atoms. The van der Waals surface area contributed by atoms with E-state index in [-0.39, 0.29) is 11.9 Å². The Hall–Kier alpha value is -2.91.